The molecule has 2 aliphatic rings. The minimum absolute atomic E-state index is 0.0343. The predicted molar refractivity (Wildman–Crippen MR) is 95.4 cm³/mol. The molecular weight excluding hydrogens is 356 g/mol. The monoisotopic (exact) mass is 380 g/mol. The van der Waals surface area contributed by atoms with Crippen molar-refractivity contribution >= 4 is 27.6 Å². The van der Waals surface area contributed by atoms with Crippen molar-refractivity contribution in [1.82, 2.24) is 5.32 Å². The number of carbonyl (C=O) groups excluding carboxylic acids is 1. The van der Waals surface area contributed by atoms with Gasteiger partial charge in [0, 0.05) is 22.1 Å². The molecule has 0 aliphatic carbocycles. The summed E-state index contributed by atoms with van der Waals surface area (Å²) in [4.78, 5) is 12.0. The first kappa shape index (κ1) is 16.8. The van der Waals surface area contributed by atoms with Crippen LogP contribution in [0.4, 0.5) is 5.69 Å². The third-order valence-electron chi connectivity index (χ3n) is 4.58. The van der Waals surface area contributed by atoms with Crippen LogP contribution in [0.25, 0.3) is 0 Å². The van der Waals surface area contributed by atoms with Crippen molar-refractivity contribution in [3.63, 3.8) is 0 Å². The normalized spacial score (nSPS) is 26.2. The Balaban J connectivity index is 1.69. The van der Waals surface area contributed by atoms with Gasteiger partial charge in [0.1, 0.15) is 6.61 Å². The molecule has 1 aromatic rings. The van der Waals surface area contributed by atoms with Crippen LogP contribution in [0.3, 0.4) is 0 Å². The van der Waals surface area contributed by atoms with Crippen LogP contribution in [0.1, 0.15) is 45.2 Å². The van der Waals surface area contributed by atoms with Crippen LogP contribution in [0, 0.1) is 11.3 Å². The average molecular weight is 381 g/mol. The molecule has 1 fully saturated rings. The largest absolute Gasteiger partial charge is 0.463 e. The highest BCUT2D eigenvalue weighted by Crippen LogP contribution is 2.42. The van der Waals surface area contributed by atoms with Gasteiger partial charge in [0.05, 0.1) is 12.5 Å². The topological polar surface area (TPSA) is 50.4 Å². The van der Waals surface area contributed by atoms with Gasteiger partial charge in [0.25, 0.3) is 0 Å². The number of rotatable bonds is 3. The lowest BCUT2D eigenvalue weighted by Crippen LogP contribution is -2.41. The molecule has 0 unspecified atom stereocenters. The molecular formula is C18H25BrN2O2. The highest BCUT2D eigenvalue weighted by molar-refractivity contribution is 9.10. The zero-order chi connectivity index (χ0) is 16.6. The lowest BCUT2D eigenvalue weighted by Gasteiger charge is -2.36. The maximum Gasteiger partial charge on any atom is 0.306 e. The van der Waals surface area contributed by atoms with Gasteiger partial charge in [-0.05, 0) is 42.1 Å². The standard InChI is InChI=1S/C18H25BrN2O2/c1-18(2,3)9-16(22)23-10-15-12-6-7-20-17(12)13-8-11(19)4-5-14(13)21-15/h4-5,8,12,15,17,20-21H,6-7,9-10H2,1-3H3/t12-,15-,17-/m1/s1. The summed E-state index contributed by atoms with van der Waals surface area (Å²) < 4.78 is 6.66. The van der Waals surface area contributed by atoms with Gasteiger partial charge in [-0.15, -0.1) is 0 Å². The van der Waals surface area contributed by atoms with Crippen molar-refractivity contribution in [3.8, 4) is 0 Å². The Kier molecular flexibility index (Phi) is 4.70. The van der Waals surface area contributed by atoms with E-state index in [1.54, 1.807) is 0 Å². The average Bonchev–Trinajstić information content (AvgIpc) is 2.93. The predicted octanol–water partition coefficient (Wildman–Crippen LogP) is 3.87. The first-order valence-electron chi connectivity index (χ1n) is 8.28. The molecule has 23 heavy (non-hydrogen) atoms. The molecule has 0 bridgehead atoms. The van der Waals surface area contributed by atoms with E-state index in [1.807, 2.05) is 6.07 Å². The summed E-state index contributed by atoms with van der Waals surface area (Å²) in [6.45, 7) is 7.61. The van der Waals surface area contributed by atoms with E-state index >= 15 is 0 Å². The molecule has 0 aromatic heterocycles. The second-order valence-electron chi connectivity index (χ2n) is 7.79. The van der Waals surface area contributed by atoms with Gasteiger partial charge in [-0.25, -0.2) is 0 Å². The van der Waals surface area contributed by atoms with Crippen LogP contribution in [0.15, 0.2) is 22.7 Å². The molecule has 0 radical (unpaired) electrons. The Hall–Kier alpha value is -1.07. The summed E-state index contributed by atoms with van der Waals surface area (Å²) in [5, 5.41) is 7.17. The number of nitrogens with one attached hydrogen (secondary N) is 2. The van der Waals surface area contributed by atoms with E-state index in [2.05, 4.69) is 59.5 Å². The number of ether oxygens (including phenoxy) is 1. The van der Waals surface area contributed by atoms with Crippen molar-refractivity contribution in [2.24, 2.45) is 11.3 Å². The summed E-state index contributed by atoms with van der Waals surface area (Å²) in [5.41, 5.74) is 2.41. The fourth-order valence-corrected chi connectivity index (χ4v) is 3.94. The fourth-order valence-electron chi connectivity index (χ4n) is 3.56. The van der Waals surface area contributed by atoms with E-state index in [1.165, 1.54) is 5.56 Å². The summed E-state index contributed by atoms with van der Waals surface area (Å²) >= 11 is 3.56. The van der Waals surface area contributed by atoms with Crippen LogP contribution in [0.2, 0.25) is 0 Å². The fraction of sp³-hybridized carbons (Fsp3) is 0.611. The zero-order valence-corrected chi connectivity index (χ0v) is 15.6. The van der Waals surface area contributed by atoms with Crippen LogP contribution in [-0.2, 0) is 9.53 Å². The second-order valence-corrected chi connectivity index (χ2v) is 8.70. The van der Waals surface area contributed by atoms with Crippen LogP contribution >= 0.6 is 15.9 Å². The molecule has 2 N–H and O–H groups in total. The molecule has 1 aromatic carbocycles. The Bertz CT molecular complexity index is 597. The Labute approximate surface area is 146 Å². The minimum atomic E-state index is -0.108. The van der Waals surface area contributed by atoms with E-state index in [-0.39, 0.29) is 17.4 Å². The molecule has 0 amide bonds. The number of hydrogen-bond donors (Lipinski definition) is 2. The third kappa shape index (κ3) is 3.89. The molecule has 4 nitrogen and oxygen atoms in total. The first-order chi connectivity index (χ1) is 10.8. The highest BCUT2D eigenvalue weighted by atomic mass is 79.9. The molecule has 2 aliphatic heterocycles. The molecule has 5 heteroatoms. The zero-order valence-electron chi connectivity index (χ0n) is 14.0. The maximum absolute atomic E-state index is 12.0. The number of hydrogen-bond acceptors (Lipinski definition) is 4. The third-order valence-corrected chi connectivity index (χ3v) is 5.07. The second kappa shape index (κ2) is 6.44. The van der Waals surface area contributed by atoms with E-state index in [0.29, 0.717) is 25.0 Å². The van der Waals surface area contributed by atoms with Crippen molar-refractivity contribution in [1.29, 1.82) is 0 Å². The number of carbonyl (C=O) groups is 1. The molecule has 3 rings (SSSR count). The molecule has 126 valence electrons. The van der Waals surface area contributed by atoms with Gasteiger partial charge in [0.2, 0.25) is 0 Å². The lowest BCUT2D eigenvalue weighted by atomic mass is 9.83. The number of halogens is 1. The van der Waals surface area contributed by atoms with Gasteiger partial charge < -0.3 is 15.4 Å². The van der Waals surface area contributed by atoms with E-state index in [0.717, 1.165) is 23.1 Å². The van der Waals surface area contributed by atoms with Gasteiger partial charge in [-0.3, -0.25) is 4.79 Å². The van der Waals surface area contributed by atoms with Gasteiger partial charge in [-0.2, -0.15) is 0 Å². The maximum atomic E-state index is 12.0. The minimum Gasteiger partial charge on any atom is -0.463 e. The van der Waals surface area contributed by atoms with Crippen molar-refractivity contribution in [3.05, 3.63) is 28.2 Å². The molecule has 2 heterocycles. The summed E-state index contributed by atoms with van der Waals surface area (Å²) in [6.07, 6.45) is 1.56. The van der Waals surface area contributed by atoms with Gasteiger partial charge >= 0.3 is 5.97 Å². The van der Waals surface area contributed by atoms with Crippen LogP contribution < -0.4 is 10.6 Å². The van der Waals surface area contributed by atoms with Crippen molar-refractivity contribution in [2.45, 2.75) is 45.7 Å². The van der Waals surface area contributed by atoms with E-state index < -0.39 is 0 Å². The smallest absolute Gasteiger partial charge is 0.306 e. The SMILES string of the molecule is CC(C)(C)CC(=O)OC[C@H]1Nc2ccc(Br)cc2[C@@H]2NCC[C@H]12. The Morgan fingerprint density at radius 1 is 1.39 bits per heavy atom. The highest BCUT2D eigenvalue weighted by Gasteiger charge is 2.40. The lowest BCUT2D eigenvalue weighted by molar-refractivity contribution is -0.146. The van der Waals surface area contributed by atoms with Gasteiger partial charge in [-0.1, -0.05) is 36.7 Å². The molecule has 0 saturated carbocycles. The quantitative estimate of drug-likeness (QED) is 0.781. The molecule has 1 saturated heterocycles. The summed E-state index contributed by atoms with van der Waals surface area (Å²) in [6, 6.07) is 6.84. The Morgan fingerprint density at radius 2 is 2.17 bits per heavy atom. The first-order valence-corrected chi connectivity index (χ1v) is 9.08. The number of benzene rings is 1. The van der Waals surface area contributed by atoms with E-state index in [9.17, 15) is 4.79 Å². The number of fused-ring (bicyclic) bond motifs is 3. The molecule has 0 spiro atoms. The summed E-state index contributed by atoms with van der Waals surface area (Å²) in [5.74, 6) is 0.350. The van der Waals surface area contributed by atoms with Crippen molar-refractivity contribution in [2.75, 3.05) is 18.5 Å². The van der Waals surface area contributed by atoms with Crippen molar-refractivity contribution < 1.29 is 9.53 Å². The Morgan fingerprint density at radius 3 is 2.91 bits per heavy atom. The van der Waals surface area contributed by atoms with Crippen LogP contribution in [0.5, 0.6) is 0 Å². The molecule has 3 atom stereocenters. The van der Waals surface area contributed by atoms with Crippen LogP contribution in [-0.4, -0.2) is 25.2 Å². The number of anilines is 1. The van der Waals surface area contributed by atoms with E-state index in [4.69, 9.17) is 4.74 Å². The summed E-state index contributed by atoms with van der Waals surface area (Å²) in [7, 11) is 0. The van der Waals surface area contributed by atoms with Gasteiger partial charge in [0.15, 0.2) is 0 Å². The number of esters is 1.